The molecule has 0 aliphatic carbocycles. The van der Waals surface area contributed by atoms with Crippen LogP contribution in [0.2, 0.25) is 0 Å². The first kappa shape index (κ1) is 69.3. The number of amides is 1. The third kappa shape index (κ3) is 57.5. The van der Waals surface area contributed by atoms with Crippen LogP contribution in [-0.2, 0) is 14.3 Å². The van der Waals surface area contributed by atoms with Crippen LogP contribution in [0.1, 0.15) is 354 Å². The van der Waals surface area contributed by atoms with Crippen LogP contribution in [0, 0.1) is 0 Å². The highest BCUT2D eigenvalue weighted by atomic mass is 16.5. The number of carbonyl (C=O) groups excluding carboxylic acids is 2. The summed E-state index contributed by atoms with van der Waals surface area (Å²) < 4.78 is 5.48. The minimum atomic E-state index is -0.856. The average molecular weight is 1000 g/mol. The molecule has 0 aromatic rings. The third-order valence-electron chi connectivity index (χ3n) is 15.0. The molecule has 0 spiro atoms. The van der Waals surface area contributed by atoms with Crippen LogP contribution in [0.3, 0.4) is 0 Å². The molecule has 3 N–H and O–H groups in total. The first-order chi connectivity index (χ1) is 35.0. The van der Waals surface area contributed by atoms with Crippen LogP contribution in [0.15, 0.2) is 24.3 Å². The summed E-state index contributed by atoms with van der Waals surface area (Å²) in [4.78, 5) is 24.6. The number of hydrogen-bond acceptors (Lipinski definition) is 5. The van der Waals surface area contributed by atoms with Gasteiger partial charge in [0.1, 0.15) is 0 Å². The van der Waals surface area contributed by atoms with Crippen molar-refractivity contribution in [2.24, 2.45) is 0 Å². The zero-order valence-corrected chi connectivity index (χ0v) is 48.0. The maximum atomic E-state index is 12.5. The summed E-state index contributed by atoms with van der Waals surface area (Å²) in [6.45, 7) is 4.89. The Morgan fingerprint density at radius 1 is 0.380 bits per heavy atom. The van der Waals surface area contributed by atoms with Crippen LogP contribution < -0.4 is 5.32 Å². The van der Waals surface area contributed by atoms with E-state index in [4.69, 9.17) is 4.74 Å². The van der Waals surface area contributed by atoms with Gasteiger partial charge in [-0.2, -0.15) is 0 Å². The van der Waals surface area contributed by atoms with Crippen molar-refractivity contribution in [3.63, 3.8) is 0 Å². The SMILES string of the molecule is CCCCCCCC/C=C\CCCCCCCCCC(=O)OCCCCCCCCCCCCCCC(=O)NC(CO)C(O)/C=C/CCCCCCCCCCCCCCCCCCCCCCCCC. The van der Waals surface area contributed by atoms with E-state index in [0.717, 1.165) is 57.8 Å². The molecule has 420 valence electrons. The average Bonchev–Trinajstić information content (AvgIpc) is 3.37. The molecule has 71 heavy (non-hydrogen) atoms. The lowest BCUT2D eigenvalue weighted by atomic mass is 10.0. The Morgan fingerprint density at radius 3 is 1.00 bits per heavy atom. The van der Waals surface area contributed by atoms with E-state index in [1.165, 1.54) is 270 Å². The fraction of sp³-hybridized carbons (Fsp3) is 0.908. The van der Waals surface area contributed by atoms with Crippen molar-refractivity contribution in [2.75, 3.05) is 13.2 Å². The Hall–Kier alpha value is -1.66. The van der Waals surface area contributed by atoms with Crippen LogP contribution in [0.5, 0.6) is 0 Å². The number of hydrogen-bond donors (Lipinski definition) is 3. The molecule has 1 amide bonds. The molecule has 0 aromatic heterocycles. The van der Waals surface area contributed by atoms with Crippen LogP contribution in [-0.4, -0.2) is 47.4 Å². The van der Waals surface area contributed by atoms with Crippen molar-refractivity contribution in [3.8, 4) is 0 Å². The van der Waals surface area contributed by atoms with Crippen LogP contribution >= 0.6 is 0 Å². The van der Waals surface area contributed by atoms with Gasteiger partial charge in [-0.15, -0.1) is 0 Å². The number of rotatable bonds is 60. The maximum Gasteiger partial charge on any atom is 0.305 e. The Kier molecular flexibility index (Phi) is 59.5. The van der Waals surface area contributed by atoms with E-state index in [1.54, 1.807) is 6.08 Å². The van der Waals surface area contributed by atoms with E-state index >= 15 is 0 Å². The molecule has 0 fully saturated rings. The molecule has 0 radical (unpaired) electrons. The molecule has 0 rings (SSSR count). The van der Waals surface area contributed by atoms with Gasteiger partial charge in [-0.3, -0.25) is 9.59 Å². The molecule has 0 saturated heterocycles. The smallest absolute Gasteiger partial charge is 0.305 e. The van der Waals surface area contributed by atoms with E-state index in [2.05, 4.69) is 31.3 Å². The Balaban J connectivity index is 3.47. The molecule has 0 aliphatic rings. The second-order valence-corrected chi connectivity index (χ2v) is 22.1. The largest absolute Gasteiger partial charge is 0.466 e. The molecule has 2 atom stereocenters. The molecular weight excluding hydrogens is 875 g/mol. The van der Waals surface area contributed by atoms with Gasteiger partial charge in [0.05, 0.1) is 25.4 Å². The zero-order chi connectivity index (χ0) is 51.4. The summed E-state index contributed by atoms with van der Waals surface area (Å²) in [5, 5.41) is 23.2. The summed E-state index contributed by atoms with van der Waals surface area (Å²) in [5.74, 6) is -0.0929. The number of aliphatic hydroxyl groups excluding tert-OH is 2. The second-order valence-electron chi connectivity index (χ2n) is 22.1. The maximum absolute atomic E-state index is 12.5. The number of unbranched alkanes of at least 4 members (excludes halogenated alkanes) is 47. The summed E-state index contributed by atoms with van der Waals surface area (Å²) in [5.41, 5.74) is 0. The highest BCUT2D eigenvalue weighted by Crippen LogP contribution is 2.18. The van der Waals surface area contributed by atoms with Crippen molar-refractivity contribution >= 4 is 11.9 Å². The van der Waals surface area contributed by atoms with Gasteiger partial charge in [-0.05, 0) is 57.8 Å². The predicted octanol–water partition coefficient (Wildman–Crippen LogP) is 20.2. The van der Waals surface area contributed by atoms with E-state index < -0.39 is 12.1 Å². The molecule has 0 aliphatic heterocycles. The van der Waals surface area contributed by atoms with Gasteiger partial charge in [0.25, 0.3) is 0 Å². The number of esters is 1. The van der Waals surface area contributed by atoms with Crippen molar-refractivity contribution in [3.05, 3.63) is 24.3 Å². The zero-order valence-electron chi connectivity index (χ0n) is 48.0. The van der Waals surface area contributed by atoms with Gasteiger partial charge in [0.2, 0.25) is 5.91 Å². The highest BCUT2D eigenvalue weighted by molar-refractivity contribution is 5.76. The lowest BCUT2D eigenvalue weighted by Gasteiger charge is -2.20. The summed E-state index contributed by atoms with van der Waals surface area (Å²) >= 11 is 0. The molecular formula is C65H125NO5. The number of allylic oxidation sites excluding steroid dienone is 3. The van der Waals surface area contributed by atoms with Crippen molar-refractivity contribution in [1.29, 1.82) is 0 Å². The summed E-state index contributed by atoms with van der Waals surface area (Å²) in [7, 11) is 0. The van der Waals surface area contributed by atoms with Crippen molar-refractivity contribution < 1.29 is 24.5 Å². The topological polar surface area (TPSA) is 95.9 Å². The molecule has 2 unspecified atom stereocenters. The van der Waals surface area contributed by atoms with E-state index in [9.17, 15) is 19.8 Å². The first-order valence-electron chi connectivity index (χ1n) is 32.1. The lowest BCUT2D eigenvalue weighted by Crippen LogP contribution is -2.45. The van der Waals surface area contributed by atoms with Gasteiger partial charge in [-0.25, -0.2) is 0 Å². The first-order valence-corrected chi connectivity index (χ1v) is 32.1. The molecule has 0 saturated carbocycles. The third-order valence-corrected chi connectivity index (χ3v) is 15.0. The number of nitrogens with one attached hydrogen (secondary N) is 1. The van der Waals surface area contributed by atoms with Gasteiger partial charge < -0.3 is 20.3 Å². The predicted molar refractivity (Wildman–Crippen MR) is 310 cm³/mol. The van der Waals surface area contributed by atoms with E-state index in [0.29, 0.717) is 19.4 Å². The quantitative estimate of drug-likeness (QED) is 0.0320. The molecule has 6 nitrogen and oxygen atoms in total. The number of carbonyl (C=O) groups is 2. The van der Waals surface area contributed by atoms with Crippen LogP contribution in [0.25, 0.3) is 0 Å². The Bertz CT molecular complexity index is 1110. The minimum Gasteiger partial charge on any atom is -0.466 e. The summed E-state index contributed by atoms with van der Waals surface area (Å²) in [6, 6.07) is -0.641. The molecule has 0 aromatic carbocycles. The Morgan fingerprint density at radius 2 is 0.662 bits per heavy atom. The van der Waals surface area contributed by atoms with Crippen molar-refractivity contribution in [2.45, 2.75) is 366 Å². The fourth-order valence-corrected chi connectivity index (χ4v) is 10.0. The normalized spacial score (nSPS) is 12.7. The van der Waals surface area contributed by atoms with E-state index in [1.807, 2.05) is 6.08 Å². The molecule has 0 bridgehead atoms. The van der Waals surface area contributed by atoms with Crippen molar-refractivity contribution in [1.82, 2.24) is 5.32 Å². The fourth-order valence-electron chi connectivity index (χ4n) is 10.0. The van der Waals surface area contributed by atoms with Gasteiger partial charge in [-0.1, -0.05) is 308 Å². The second kappa shape index (κ2) is 60.9. The summed E-state index contributed by atoms with van der Waals surface area (Å²) in [6.07, 6.45) is 75.0. The standard InChI is InChI=1S/C65H125NO5/c1-3-5-7-9-11-13-15-17-19-21-22-23-24-25-26-27-28-30-31-33-37-41-45-49-53-57-63(68)62(61-67)66-64(69)58-54-50-46-42-38-35-36-40-44-48-52-56-60-71-65(70)59-55-51-47-43-39-34-32-29-20-18-16-14-12-10-8-6-4-2/h18,20,53,57,62-63,67-68H,3-17,19,21-52,54-56,58-61H2,1-2H3,(H,66,69)/b20-18-,57-53+. The molecule has 0 heterocycles. The van der Waals surface area contributed by atoms with Gasteiger partial charge >= 0.3 is 5.97 Å². The number of ether oxygens (including phenoxy) is 1. The lowest BCUT2D eigenvalue weighted by molar-refractivity contribution is -0.143. The minimum absolute atomic E-state index is 0.0131. The van der Waals surface area contributed by atoms with E-state index in [-0.39, 0.29) is 18.5 Å². The van der Waals surface area contributed by atoms with Gasteiger partial charge in [0.15, 0.2) is 0 Å². The Labute approximate surface area is 443 Å². The van der Waals surface area contributed by atoms with Crippen LogP contribution in [0.4, 0.5) is 0 Å². The molecule has 6 heteroatoms. The highest BCUT2D eigenvalue weighted by Gasteiger charge is 2.18. The monoisotopic (exact) mass is 1000 g/mol. The van der Waals surface area contributed by atoms with Gasteiger partial charge in [0, 0.05) is 12.8 Å². The number of aliphatic hydroxyl groups is 2.